The molecule has 5 heteroatoms. The maximum absolute atomic E-state index is 9.97. The molecule has 0 radical (unpaired) electrons. The van der Waals surface area contributed by atoms with Gasteiger partial charge in [0.15, 0.2) is 0 Å². The van der Waals surface area contributed by atoms with Gasteiger partial charge in [-0.25, -0.2) is 0 Å². The molecule has 1 heterocycles. The molecule has 24 heavy (non-hydrogen) atoms. The third kappa shape index (κ3) is 5.85. The van der Waals surface area contributed by atoms with E-state index in [1.54, 1.807) is 0 Å². The molecule has 0 amide bonds. The average molecular weight is 401 g/mol. The summed E-state index contributed by atoms with van der Waals surface area (Å²) < 4.78 is 11.5. The fraction of sp³-hybridized carbons (Fsp3) is 0.368. The fourth-order valence-electron chi connectivity index (χ4n) is 2.64. The molecule has 2 unspecified atom stereocenters. The van der Waals surface area contributed by atoms with Gasteiger partial charge in [-0.05, 0) is 18.6 Å². The molecule has 0 fully saturated rings. The van der Waals surface area contributed by atoms with E-state index >= 15 is 0 Å². The van der Waals surface area contributed by atoms with Crippen molar-refractivity contribution in [2.75, 3.05) is 19.7 Å². The molecule has 0 bridgehead atoms. The summed E-state index contributed by atoms with van der Waals surface area (Å²) in [4.78, 5) is 0. The Morgan fingerprint density at radius 1 is 1.29 bits per heavy atom. The van der Waals surface area contributed by atoms with E-state index in [-0.39, 0.29) is 45.4 Å². The molecule has 0 spiro atoms. The molecule has 0 saturated heterocycles. The van der Waals surface area contributed by atoms with Crippen LogP contribution in [0.5, 0.6) is 11.5 Å². The van der Waals surface area contributed by atoms with Crippen molar-refractivity contribution in [3.05, 3.63) is 60.2 Å². The fourth-order valence-corrected chi connectivity index (χ4v) is 2.64. The van der Waals surface area contributed by atoms with Crippen LogP contribution in [-0.2, 0) is 39.1 Å². The molecule has 0 aliphatic carbocycles. The van der Waals surface area contributed by atoms with Gasteiger partial charge >= 0.3 is 32.7 Å². The predicted molar refractivity (Wildman–Crippen MR) is 88.8 cm³/mol. The van der Waals surface area contributed by atoms with Crippen LogP contribution in [0.4, 0.5) is 0 Å². The molecule has 0 aromatic heterocycles. The largest absolute Gasteiger partial charge is 3.00 e. The zero-order valence-corrected chi connectivity index (χ0v) is 16.5. The van der Waals surface area contributed by atoms with Gasteiger partial charge in [-0.3, -0.25) is 0 Å². The summed E-state index contributed by atoms with van der Waals surface area (Å²) in [6.45, 7) is 1.49. The first-order valence-electron chi connectivity index (χ1n) is 8.03. The monoisotopic (exact) mass is 401 g/mol. The number of benzene rings is 2. The first-order chi connectivity index (χ1) is 11.3. The van der Waals surface area contributed by atoms with Crippen molar-refractivity contribution < 1.29 is 47.3 Å². The molecule has 1 aliphatic rings. The van der Waals surface area contributed by atoms with Gasteiger partial charge < -0.3 is 19.9 Å². The number of para-hydroxylation sites is 1. The number of rotatable bonds is 7. The minimum Gasteiger partial charge on any atom is -0.514 e. The summed E-state index contributed by atoms with van der Waals surface area (Å²) >= 11 is 0. The van der Waals surface area contributed by atoms with Gasteiger partial charge in [-0.2, -0.15) is 18.2 Å². The van der Waals surface area contributed by atoms with Crippen molar-refractivity contribution in [3.8, 4) is 11.5 Å². The summed E-state index contributed by atoms with van der Waals surface area (Å²) in [7, 11) is 0. The SMILES string of the molecule is OC(CNCC1CCc2c[c-]ccc2O1)COc1ccccc1.[Y+3]. The molecular weight excluding hydrogens is 379 g/mol. The maximum atomic E-state index is 9.97. The first kappa shape index (κ1) is 19.4. The summed E-state index contributed by atoms with van der Waals surface area (Å²) in [6.07, 6.45) is 1.60. The van der Waals surface area contributed by atoms with Crippen molar-refractivity contribution in [3.63, 3.8) is 0 Å². The van der Waals surface area contributed by atoms with E-state index in [2.05, 4.69) is 11.4 Å². The second kappa shape index (κ2) is 10.1. The Hall–Kier alpha value is -0.936. The first-order valence-corrected chi connectivity index (χ1v) is 8.03. The molecule has 122 valence electrons. The summed E-state index contributed by atoms with van der Waals surface area (Å²) in [6, 6.07) is 18.4. The molecule has 0 saturated carbocycles. The minimum atomic E-state index is -0.541. The Bertz CT molecular complexity index is 609. The molecule has 3 rings (SSSR count). The number of aliphatic hydroxyl groups excluding tert-OH is 1. The van der Waals surface area contributed by atoms with E-state index in [4.69, 9.17) is 9.47 Å². The van der Waals surface area contributed by atoms with E-state index in [1.165, 1.54) is 5.56 Å². The van der Waals surface area contributed by atoms with Crippen LogP contribution < -0.4 is 14.8 Å². The van der Waals surface area contributed by atoms with Crippen molar-refractivity contribution in [1.29, 1.82) is 0 Å². The Labute approximate surface area is 168 Å². The van der Waals surface area contributed by atoms with Crippen LogP contribution >= 0.6 is 0 Å². The Morgan fingerprint density at radius 3 is 2.96 bits per heavy atom. The third-order valence-corrected chi connectivity index (χ3v) is 3.87. The molecule has 1 aliphatic heterocycles. The van der Waals surface area contributed by atoms with E-state index in [0.29, 0.717) is 6.54 Å². The zero-order valence-electron chi connectivity index (χ0n) is 13.7. The third-order valence-electron chi connectivity index (χ3n) is 3.87. The van der Waals surface area contributed by atoms with E-state index in [9.17, 15) is 5.11 Å². The number of fused-ring (bicyclic) bond motifs is 1. The van der Waals surface area contributed by atoms with Gasteiger partial charge in [-0.15, -0.1) is 11.6 Å². The number of hydrogen-bond acceptors (Lipinski definition) is 4. The minimum absolute atomic E-state index is 0. The Morgan fingerprint density at radius 2 is 2.12 bits per heavy atom. The van der Waals surface area contributed by atoms with Gasteiger partial charge in [0.1, 0.15) is 24.6 Å². The Kier molecular flexibility index (Phi) is 8.20. The molecule has 2 atom stereocenters. The van der Waals surface area contributed by atoms with Gasteiger partial charge in [-0.1, -0.05) is 24.6 Å². The van der Waals surface area contributed by atoms with Gasteiger partial charge in [0.25, 0.3) is 0 Å². The quantitative estimate of drug-likeness (QED) is 0.699. The van der Waals surface area contributed by atoms with Crippen LogP contribution in [0.2, 0.25) is 0 Å². The second-order valence-electron chi connectivity index (χ2n) is 5.75. The molecule has 2 N–H and O–H groups in total. The van der Waals surface area contributed by atoms with E-state index < -0.39 is 6.10 Å². The van der Waals surface area contributed by atoms with Crippen molar-refractivity contribution in [1.82, 2.24) is 5.32 Å². The molecule has 2 aromatic carbocycles. The summed E-state index contributed by atoms with van der Waals surface area (Å²) in [5.74, 6) is 1.73. The van der Waals surface area contributed by atoms with Gasteiger partial charge in [0.05, 0.1) is 0 Å². The zero-order chi connectivity index (χ0) is 15.9. The molecular formula is C19H22NO3Y+2. The summed E-state index contributed by atoms with van der Waals surface area (Å²) in [5.41, 5.74) is 1.22. The topological polar surface area (TPSA) is 50.7 Å². The van der Waals surface area contributed by atoms with Crippen molar-refractivity contribution in [2.24, 2.45) is 0 Å². The van der Waals surface area contributed by atoms with Crippen LogP contribution in [0.25, 0.3) is 0 Å². The number of aliphatic hydroxyl groups is 1. The van der Waals surface area contributed by atoms with E-state index in [1.807, 2.05) is 48.5 Å². The number of hydrogen-bond donors (Lipinski definition) is 2. The van der Waals surface area contributed by atoms with Crippen LogP contribution in [0.15, 0.2) is 48.5 Å². The molecule has 2 aromatic rings. The van der Waals surface area contributed by atoms with Crippen LogP contribution in [-0.4, -0.2) is 37.0 Å². The van der Waals surface area contributed by atoms with E-state index in [0.717, 1.165) is 30.9 Å². The maximum Gasteiger partial charge on any atom is 3.00 e. The Balaban J connectivity index is 0.00000208. The smallest absolute Gasteiger partial charge is 0.514 e. The van der Waals surface area contributed by atoms with Crippen LogP contribution in [0.1, 0.15) is 12.0 Å². The van der Waals surface area contributed by atoms with Gasteiger partial charge in [0.2, 0.25) is 0 Å². The van der Waals surface area contributed by atoms with Crippen molar-refractivity contribution in [2.45, 2.75) is 25.0 Å². The molecule has 4 nitrogen and oxygen atoms in total. The van der Waals surface area contributed by atoms with Crippen molar-refractivity contribution >= 4 is 0 Å². The van der Waals surface area contributed by atoms with Crippen LogP contribution in [0, 0.1) is 6.07 Å². The average Bonchev–Trinajstić information content (AvgIpc) is 2.61. The van der Waals surface area contributed by atoms with Gasteiger partial charge in [0, 0.05) is 18.8 Å². The number of ether oxygens (including phenoxy) is 2. The number of aryl methyl sites for hydroxylation is 1. The standard InChI is InChI=1S/C19H22NO3.Y/c21-16(14-22-17-7-2-1-3-8-17)12-20-13-18-11-10-15-6-4-5-9-19(15)23-18;/h1-3,5-9,16,18,20-21H,10-14H2;/q-1;+3. The van der Waals surface area contributed by atoms with Crippen LogP contribution in [0.3, 0.4) is 0 Å². The predicted octanol–water partition coefficient (Wildman–Crippen LogP) is 2.21. The number of nitrogens with one attached hydrogen (secondary N) is 1. The summed E-state index contributed by atoms with van der Waals surface area (Å²) in [5, 5.41) is 13.2. The second-order valence-corrected chi connectivity index (χ2v) is 5.75. The normalized spacial score (nSPS) is 17.1.